The van der Waals surface area contributed by atoms with Gasteiger partial charge in [-0.2, -0.15) is 28.6 Å². The minimum Gasteiger partial charge on any atom is -0.435 e. The van der Waals surface area contributed by atoms with Crippen LogP contribution in [0.15, 0.2) is 109 Å². The number of nitrogens with one attached hydrogen (secondary N) is 4. The SMILES string of the molecule is O=C(Nc1ccc([C@H]2CNCCO2)cc1)c1cnn(-c2ccc(OC(F)(F)F)cc2)n1.O=C(Nc1ccc([C@H]2CNCCO2)cc1)c1cnn(-c2ccc(OC(F)F)cc2)n1. The zero-order valence-electron chi connectivity index (χ0n) is 31.9. The number of alkyl halides is 5. The summed E-state index contributed by atoms with van der Waals surface area (Å²) in [7, 11) is 0. The number of morpholine rings is 2. The van der Waals surface area contributed by atoms with Crippen LogP contribution in [0.5, 0.6) is 11.5 Å². The molecule has 0 spiro atoms. The van der Waals surface area contributed by atoms with Crippen LogP contribution in [0, 0.1) is 0 Å². The highest BCUT2D eigenvalue weighted by molar-refractivity contribution is 6.03. The molecule has 4 aromatic carbocycles. The predicted octanol–water partition coefficient (Wildman–Crippen LogP) is 5.86. The second-order valence-corrected chi connectivity index (χ2v) is 13.2. The Hall–Kier alpha value is -6.81. The first kappa shape index (κ1) is 42.3. The molecular formula is C40H37F5N10O6. The zero-order valence-corrected chi connectivity index (χ0v) is 31.9. The highest BCUT2D eigenvalue weighted by Gasteiger charge is 2.31. The number of hydrogen-bond donors (Lipinski definition) is 4. The highest BCUT2D eigenvalue weighted by Crippen LogP contribution is 2.25. The molecule has 0 aliphatic carbocycles. The normalized spacial score (nSPS) is 16.6. The van der Waals surface area contributed by atoms with Crippen LogP contribution in [0.2, 0.25) is 0 Å². The summed E-state index contributed by atoms with van der Waals surface area (Å²) in [6, 6.07) is 25.5. The van der Waals surface area contributed by atoms with E-state index >= 15 is 0 Å². The van der Waals surface area contributed by atoms with Gasteiger partial charge in [0.1, 0.15) is 11.5 Å². The smallest absolute Gasteiger partial charge is 0.435 e. The zero-order chi connectivity index (χ0) is 42.8. The number of anilines is 2. The first-order valence-corrected chi connectivity index (χ1v) is 18.7. The third-order valence-corrected chi connectivity index (χ3v) is 8.98. The number of hydrogen-bond acceptors (Lipinski definition) is 12. The van der Waals surface area contributed by atoms with Crippen molar-refractivity contribution in [3.8, 4) is 22.9 Å². The molecule has 2 aromatic heterocycles. The monoisotopic (exact) mass is 848 g/mol. The molecule has 61 heavy (non-hydrogen) atoms. The summed E-state index contributed by atoms with van der Waals surface area (Å²) in [5.74, 6) is -1.22. The van der Waals surface area contributed by atoms with Gasteiger partial charge in [-0.25, -0.2) is 0 Å². The Morgan fingerprint density at radius 2 is 1.08 bits per heavy atom. The van der Waals surface area contributed by atoms with E-state index in [0.29, 0.717) is 36.0 Å². The van der Waals surface area contributed by atoms with Crippen LogP contribution >= 0.6 is 0 Å². The number of carbonyl (C=O) groups is 2. The van der Waals surface area contributed by atoms with Crippen molar-refractivity contribution >= 4 is 23.2 Å². The van der Waals surface area contributed by atoms with Crippen LogP contribution in [0.25, 0.3) is 11.4 Å². The van der Waals surface area contributed by atoms with Crippen molar-refractivity contribution in [3.63, 3.8) is 0 Å². The van der Waals surface area contributed by atoms with Crippen LogP contribution in [-0.4, -0.2) is 94.2 Å². The van der Waals surface area contributed by atoms with E-state index in [2.05, 4.69) is 51.1 Å². The van der Waals surface area contributed by atoms with Crippen LogP contribution in [0.3, 0.4) is 0 Å². The molecule has 4 N–H and O–H groups in total. The van der Waals surface area contributed by atoms with E-state index < -0.39 is 24.8 Å². The van der Waals surface area contributed by atoms with Crippen LogP contribution in [0.1, 0.15) is 44.3 Å². The highest BCUT2D eigenvalue weighted by atomic mass is 19.4. The summed E-state index contributed by atoms with van der Waals surface area (Å²) in [5.41, 5.74) is 4.29. The van der Waals surface area contributed by atoms with Crippen LogP contribution in [-0.2, 0) is 9.47 Å². The van der Waals surface area contributed by atoms with Crippen LogP contribution < -0.4 is 30.7 Å². The molecule has 2 fully saturated rings. The van der Waals surface area contributed by atoms with E-state index in [1.807, 2.05) is 24.3 Å². The van der Waals surface area contributed by atoms with E-state index in [9.17, 15) is 31.5 Å². The summed E-state index contributed by atoms with van der Waals surface area (Å²) < 4.78 is 80.7. The number of carbonyl (C=O) groups excluding carboxylic acids is 2. The molecule has 0 unspecified atom stereocenters. The van der Waals surface area contributed by atoms with Crippen molar-refractivity contribution in [1.82, 2.24) is 40.6 Å². The average molecular weight is 849 g/mol. The van der Waals surface area contributed by atoms with Gasteiger partial charge in [0.05, 0.1) is 49.2 Å². The van der Waals surface area contributed by atoms with Crippen molar-refractivity contribution in [2.24, 2.45) is 0 Å². The van der Waals surface area contributed by atoms with E-state index in [4.69, 9.17) is 9.47 Å². The van der Waals surface area contributed by atoms with Gasteiger partial charge < -0.3 is 40.2 Å². The first-order valence-electron chi connectivity index (χ1n) is 18.7. The largest absolute Gasteiger partial charge is 0.573 e. The lowest BCUT2D eigenvalue weighted by molar-refractivity contribution is -0.274. The summed E-state index contributed by atoms with van der Waals surface area (Å²) in [6.07, 6.45) is -2.19. The lowest BCUT2D eigenvalue weighted by Gasteiger charge is -2.24. The number of halogens is 5. The number of ether oxygens (including phenoxy) is 4. The van der Waals surface area contributed by atoms with Gasteiger partial charge in [0.25, 0.3) is 11.8 Å². The first-order chi connectivity index (χ1) is 29.5. The van der Waals surface area contributed by atoms with Gasteiger partial charge in [0.15, 0.2) is 11.4 Å². The minimum absolute atomic E-state index is 0.000817. The van der Waals surface area contributed by atoms with Crippen molar-refractivity contribution in [1.29, 1.82) is 0 Å². The van der Waals surface area contributed by atoms with E-state index in [0.717, 1.165) is 54.2 Å². The van der Waals surface area contributed by atoms with Gasteiger partial charge in [-0.15, -0.1) is 23.4 Å². The summed E-state index contributed by atoms with van der Waals surface area (Å²) in [4.78, 5) is 27.3. The maximum absolute atomic E-state index is 12.5. The molecule has 2 amide bonds. The number of aromatic nitrogens is 6. The molecule has 16 nitrogen and oxygen atoms in total. The summed E-state index contributed by atoms with van der Waals surface area (Å²) in [6.45, 7) is 1.59. The van der Waals surface area contributed by atoms with Crippen molar-refractivity contribution in [2.45, 2.75) is 25.2 Å². The standard InChI is InChI=1S/C20H18F3N5O3.C20H19F2N5O3/c21-20(22,23)31-16-7-5-15(6-8-16)28-25-11-17(27-28)19(29)26-14-3-1-13(2-4-14)18-12-24-9-10-30-18;21-20(22)30-16-7-5-15(6-8-16)27-24-11-17(26-27)19(28)25-14-3-1-13(2-4-14)18-12-23-9-10-29-18/h1-8,11,18,24H,9-10,12H2,(H,26,29);1-8,11,18,20,23H,9-10,12H2,(H,25,28)/t2*18-/m11/s1. The molecule has 318 valence electrons. The molecule has 0 radical (unpaired) electrons. The molecule has 2 saturated heterocycles. The molecule has 21 heteroatoms. The lowest BCUT2D eigenvalue weighted by atomic mass is 10.1. The molecule has 6 aromatic rings. The maximum Gasteiger partial charge on any atom is 0.573 e. The quantitative estimate of drug-likeness (QED) is 0.114. The average Bonchev–Trinajstić information content (AvgIpc) is 3.97. The molecular weight excluding hydrogens is 811 g/mol. The number of amides is 2. The molecule has 0 bridgehead atoms. The fourth-order valence-corrected chi connectivity index (χ4v) is 6.04. The molecule has 8 rings (SSSR count). The number of rotatable bonds is 11. The summed E-state index contributed by atoms with van der Waals surface area (Å²) >= 11 is 0. The Labute approximate surface area is 343 Å². The van der Waals surface area contributed by atoms with Gasteiger partial charge in [0.2, 0.25) is 0 Å². The Bertz CT molecular complexity index is 2350. The Morgan fingerprint density at radius 3 is 1.46 bits per heavy atom. The second kappa shape index (κ2) is 19.5. The van der Waals surface area contributed by atoms with Gasteiger partial charge in [-0.3, -0.25) is 9.59 Å². The fourth-order valence-electron chi connectivity index (χ4n) is 6.04. The van der Waals surface area contributed by atoms with E-state index in [1.54, 1.807) is 24.3 Å². The summed E-state index contributed by atoms with van der Waals surface area (Å²) in [5, 5.41) is 28.3. The second-order valence-electron chi connectivity index (χ2n) is 13.2. The molecule has 2 atom stereocenters. The number of nitrogens with zero attached hydrogens (tertiary/aromatic N) is 6. The van der Waals surface area contributed by atoms with Crippen LogP contribution in [0.4, 0.5) is 33.3 Å². The predicted molar refractivity (Wildman–Crippen MR) is 208 cm³/mol. The van der Waals surface area contributed by atoms with Gasteiger partial charge >= 0.3 is 13.0 Å². The Balaban J connectivity index is 0.000000184. The third kappa shape index (κ3) is 11.9. The van der Waals surface area contributed by atoms with Crippen molar-refractivity contribution < 1.29 is 50.5 Å². The Kier molecular flexibility index (Phi) is 13.5. The molecule has 2 aliphatic rings. The van der Waals surface area contributed by atoms with E-state index in [-0.39, 0.29) is 35.1 Å². The topological polar surface area (TPSA) is 181 Å². The van der Waals surface area contributed by atoms with Crippen molar-refractivity contribution in [2.75, 3.05) is 50.0 Å². The van der Waals surface area contributed by atoms with Gasteiger partial charge in [-0.1, -0.05) is 24.3 Å². The maximum atomic E-state index is 12.5. The van der Waals surface area contributed by atoms with E-state index in [1.165, 1.54) is 53.6 Å². The number of benzene rings is 4. The fraction of sp³-hybridized carbons (Fsp3) is 0.250. The minimum atomic E-state index is -4.77. The molecule has 2 aliphatic heterocycles. The molecule has 4 heterocycles. The van der Waals surface area contributed by atoms with Crippen molar-refractivity contribution in [3.05, 3.63) is 132 Å². The molecule has 0 saturated carbocycles. The van der Waals surface area contributed by atoms with Gasteiger partial charge in [-0.05, 0) is 83.9 Å². The third-order valence-electron chi connectivity index (χ3n) is 8.98. The Morgan fingerprint density at radius 1 is 0.656 bits per heavy atom. The van der Waals surface area contributed by atoms with Gasteiger partial charge in [0, 0.05) is 37.6 Å². The lowest BCUT2D eigenvalue weighted by Crippen LogP contribution is -2.33.